The van der Waals surface area contributed by atoms with E-state index in [1.54, 1.807) is 0 Å². The second kappa shape index (κ2) is 4.42. The van der Waals surface area contributed by atoms with Gasteiger partial charge < -0.3 is 5.32 Å². The lowest BCUT2D eigenvalue weighted by Crippen LogP contribution is -2.56. The molecule has 0 aromatic rings. The Labute approximate surface area is 94.4 Å². The first-order chi connectivity index (χ1) is 7.16. The lowest BCUT2D eigenvalue weighted by molar-refractivity contribution is -0.0158. The van der Waals surface area contributed by atoms with Gasteiger partial charge in [0.15, 0.2) is 0 Å². The van der Waals surface area contributed by atoms with Gasteiger partial charge in [-0.1, -0.05) is 0 Å². The van der Waals surface area contributed by atoms with Gasteiger partial charge in [-0.15, -0.1) is 0 Å². The molecular weight excluding hydrogens is 184 g/mol. The fourth-order valence-corrected chi connectivity index (χ4v) is 3.67. The van der Waals surface area contributed by atoms with Gasteiger partial charge in [0.25, 0.3) is 0 Å². The number of hydrogen-bond acceptors (Lipinski definition) is 2. The third-order valence-electron chi connectivity index (χ3n) is 4.74. The van der Waals surface area contributed by atoms with Crippen molar-refractivity contribution < 1.29 is 0 Å². The standard InChI is InChI=1S/C13H26N2/c1-11(2)15-10-4-5-13(12(15)3)6-8-14-9-7-13/h11-12,14H,4-10H2,1-3H3. The van der Waals surface area contributed by atoms with Crippen molar-refractivity contribution in [2.75, 3.05) is 19.6 Å². The number of nitrogens with one attached hydrogen (secondary N) is 1. The minimum Gasteiger partial charge on any atom is -0.317 e. The summed E-state index contributed by atoms with van der Waals surface area (Å²) in [5.74, 6) is 0. The predicted octanol–water partition coefficient (Wildman–Crippen LogP) is 2.25. The average molecular weight is 210 g/mol. The van der Waals surface area contributed by atoms with Crippen LogP contribution in [0.25, 0.3) is 0 Å². The van der Waals surface area contributed by atoms with Crippen molar-refractivity contribution in [3.05, 3.63) is 0 Å². The van der Waals surface area contributed by atoms with Crippen molar-refractivity contribution in [1.82, 2.24) is 10.2 Å². The molecule has 2 heteroatoms. The van der Waals surface area contributed by atoms with Crippen LogP contribution < -0.4 is 5.32 Å². The second-order valence-corrected chi connectivity index (χ2v) is 5.72. The van der Waals surface area contributed by atoms with E-state index >= 15 is 0 Å². The van der Waals surface area contributed by atoms with Gasteiger partial charge in [0.05, 0.1) is 0 Å². The van der Waals surface area contributed by atoms with Gasteiger partial charge in [-0.3, -0.25) is 4.90 Å². The van der Waals surface area contributed by atoms with Crippen molar-refractivity contribution in [1.29, 1.82) is 0 Å². The van der Waals surface area contributed by atoms with E-state index < -0.39 is 0 Å². The summed E-state index contributed by atoms with van der Waals surface area (Å²) in [5, 5.41) is 3.50. The molecule has 0 bridgehead atoms. The van der Waals surface area contributed by atoms with Crippen LogP contribution >= 0.6 is 0 Å². The summed E-state index contributed by atoms with van der Waals surface area (Å²) in [6.07, 6.45) is 5.64. The minimum atomic E-state index is 0.633. The Morgan fingerprint density at radius 3 is 2.47 bits per heavy atom. The van der Waals surface area contributed by atoms with E-state index in [0.29, 0.717) is 11.5 Å². The quantitative estimate of drug-likeness (QED) is 0.714. The van der Waals surface area contributed by atoms with E-state index in [0.717, 1.165) is 6.04 Å². The van der Waals surface area contributed by atoms with Crippen molar-refractivity contribution in [2.24, 2.45) is 5.41 Å². The van der Waals surface area contributed by atoms with E-state index in [-0.39, 0.29) is 0 Å². The van der Waals surface area contributed by atoms with Crippen LogP contribution in [0.3, 0.4) is 0 Å². The largest absolute Gasteiger partial charge is 0.317 e. The van der Waals surface area contributed by atoms with E-state index in [1.165, 1.54) is 45.3 Å². The summed E-state index contributed by atoms with van der Waals surface area (Å²) < 4.78 is 0. The highest BCUT2D eigenvalue weighted by atomic mass is 15.2. The van der Waals surface area contributed by atoms with Crippen molar-refractivity contribution in [2.45, 2.75) is 58.5 Å². The van der Waals surface area contributed by atoms with Crippen molar-refractivity contribution in [3.8, 4) is 0 Å². The molecule has 2 aliphatic heterocycles. The van der Waals surface area contributed by atoms with Gasteiger partial charge in [-0.05, 0) is 71.5 Å². The third kappa shape index (κ3) is 2.07. The Bertz CT molecular complexity index is 201. The Hall–Kier alpha value is -0.0800. The molecule has 0 amide bonds. The molecule has 2 nitrogen and oxygen atoms in total. The van der Waals surface area contributed by atoms with Gasteiger partial charge in [0, 0.05) is 12.1 Å². The van der Waals surface area contributed by atoms with Crippen LogP contribution in [0.15, 0.2) is 0 Å². The Morgan fingerprint density at radius 2 is 1.87 bits per heavy atom. The van der Waals surface area contributed by atoms with Gasteiger partial charge in [-0.2, -0.15) is 0 Å². The Balaban J connectivity index is 2.10. The molecule has 2 rings (SSSR count). The zero-order chi connectivity index (χ0) is 10.9. The van der Waals surface area contributed by atoms with Crippen molar-refractivity contribution in [3.63, 3.8) is 0 Å². The van der Waals surface area contributed by atoms with Gasteiger partial charge in [0.1, 0.15) is 0 Å². The number of likely N-dealkylation sites (tertiary alicyclic amines) is 1. The van der Waals surface area contributed by atoms with Crippen molar-refractivity contribution >= 4 is 0 Å². The highest BCUT2D eigenvalue weighted by molar-refractivity contribution is 4.97. The topological polar surface area (TPSA) is 15.3 Å². The Kier molecular flexibility index (Phi) is 3.36. The highest BCUT2D eigenvalue weighted by Crippen LogP contribution is 2.43. The molecule has 1 spiro atoms. The summed E-state index contributed by atoms with van der Waals surface area (Å²) in [6.45, 7) is 10.9. The molecule has 1 unspecified atom stereocenters. The summed E-state index contributed by atoms with van der Waals surface area (Å²) in [7, 11) is 0. The molecule has 0 aliphatic carbocycles. The van der Waals surface area contributed by atoms with E-state index in [1.807, 2.05) is 0 Å². The maximum atomic E-state index is 3.50. The summed E-state index contributed by atoms with van der Waals surface area (Å²) >= 11 is 0. The van der Waals surface area contributed by atoms with E-state index in [2.05, 4.69) is 31.0 Å². The Morgan fingerprint density at radius 1 is 1.20 bits per heavy atom. The lowest BCUT2D eigenvalue weighted by atomic mass is 9.67. The molecule has 2 fully saturated rings. The molecule has 0 aromatic carbocycles. The summed E-state index contributed by atoms with van der Waals surface area (Å²) in [5.41, 5.74) is 0.633. The average Bonchev–Trinajstić information content (AvgIpc) is 2.23. The third-order valence-corrected chi connectivity index (χ3v) is 4.74. The zero-order valence-corrected chi connectivity index (χ0v) is 10.6. The first kappa shape index (κ1) is 11.4. The highest BCUT2D eigenvalue weighted by Gasteiger charge is 2.42. The molecule has 2 aliphatic rings. The van der Waals surface area contributed by atoms with Crippen LogP contribution in [-0.2, 0) is 0 Å². The van der Waals surface area contributed by atoms with Gasteiger partial charge in [0.2, 0.25) is 0 Å². The van der Waals surface area contributed by atoms with Crippen LogP contribution in [0.4, 0.5) is 0 Å². The molecule has 0 radical (unpaired) electrons. The van der Waals surface area contributed by atoms with Gasteiger partial charge in [-0.25, -0.2) is 0 Å². The summed E-state index contributed by atoms with van der Waals surface area (Å²) in [4.78, 5) is 2.72. The number of rotatable bonds is 1. The first-order valence-electron chi connectivity index (χ1n) is 6.62. The molecular formula is C13H26N2. The van der Waals surface area contributed by atoms with E-state index in [9.17, 15) is 0 Å². The molecule has 2 heterocycles. The normalized spacial score (nSPS) is 32.4. The molecule has 1 atom stereocenters. The smallest absolute Gasteiger partial charge is 0.0127 e. The predicted molar refractivity (Wildman–Crippen MR) is 65.1 cm³/mol. The maximum Gasteiger partial charge on any atom is 0.0127 e. The maximum absolute atomic E-state index is 3.50. The molecule has 15 heavy (non-hydrogen) atoms. The number of piperidine rings is 2. The van der Waals surface area contributed by atoms with Crippen LogP contribution in [0.5, 0.6) is 0 Å². The molecule has 0 saturated carbocycles. The summed E-state index contributed by atoms with van der Waals surface area (Å²) in [6, 6.07) is 1.50. The lowest BCUT2D eigenvalue weighted by Gasteiger charge is -2.52. The SMILES string of the molecule is CC(C)N1CCCC2(CCNCC2)C1C. The molecule has 0 aromatic heterocycles. The van der Waals surface area contributed by atoms with Crippen LogP contribution in [-0.4, -0.2) is 36.6 Å². The molecule has 2 saturated heterocycles. The van der Waals surface area contributed by atoms with Crippen LogP contribution in [0, 0.1) is 5.41 Å². The minimum absolute atomic E-state index is 0.633. The molecule has 1 N–H and O–H groups in total. The fourth-order valence-electron chi connectivity index (χ4n) is 3.67. The van der Waals surface area contributed by atoms with Crippen LogP contribution in [0.2, 0.25) is 0 Å². The first-order valence-corrected chi connectivity index (χ1v) is 6.62. The van der Waals surface area contributed by atoms with E-state index in [4.69, 9.17) is 0 Å². The van der Waals surface area contributed by atoms with Gasteiger partial charge >= 0.3 is 0 Å². The fraction of sp³-hybridized carbons (Fsp3) is 1.00. The number of hydrogen-bond donors (Lipinski definition) is 1. The number of nitrogens with zero attached hydrogens (tertiary/aromatic N) is 1. The monoisotopic (exact) mass is 210 g/mol. The zero-order valence-electron chi connectivity index (χ0n) is 10.6. The molecule has 88 valence electrons. The second-order valence-electron chi connectivity index (χ2n) is 5.72. The van der Waals surface area contributed by atoms with Crippen LogP contribution in [0.1, 0.15) is 46.5 Å².